The molecule has 0 aliphatic rings. The average molecular weight is 287 g/mol. The molecule has 0 bridgehead atoms. The number of methoxy groups -OCH3 is 1. The summed E-state index contributed by atoms with van der Waals surface area (Å²) in [6.45, 7) is 2.92. The summed E-state index contributed by atoms with van der Waals surface area (Å²) < 4.78 is 6.67. The van der Waals surface area contributed by atoms with Crippen LogP contribution in [0.2, 0.25) is 0 Å². The van der Waals surface area contributed by atoms with Gasteiger partial charge >= 0.3 is 0 Å². The summed E-state index contributed by atoms with van der Waals surface area (Å²) in [6.07, 6.45) is 1.93. The molecule has 2 aromatic rings. The number of nitrogens with two attached hydrogens (primary N) is 1. The van der Waals surface area contributed by atoms with Crippen LogP contribution in [0.25, 0.3) is 11.3 Å². The fourth-order valence-electron chi connectivity index (χ4n) is 2.11. The van der Waals surface area contributed by atoms with Crippen molar-refractivity contribution < 1.29 is 4.74 Å². The first-order valence-electron chi connectivity index (χ1n) is 7.15. The molecule has 21 heavy (non-hydrogen) atoms. The summed E-state index contributed by atoms with van der Waals surface area (Å²) in [6, 6.07) is 9.38. The second kappa shape index (κ2) is 7.04. The van der Waals surface area contributed by atoms with Gasteiger partial charge in [0.25, 0.3) is 5.56 Å². The highest BCUT2D eigenvalue weighted by Crippen LogP contribution is 2.20. The van der Waals surface area contributed by atoms with E-state index in [1.54, 1.807) is 13.2 Å². The topological polar surface area (TPSA) is 70.1 Å². The van der Waals surface area contributed by atoms with Crippen LogP contribution in [0.3, 0.4) is 0 Å². The van der Waals surface area contributed by atoms with Crippen molar-refractivity contribution in [2.45, 2.75) is 32.9 Å². The first kappa shape index (κ1) is 15.3. The summed E-state index contributed by atoms with van der Waals surface area (Å²) >= 11 is 0. The first-order chi connectivity index (χ1) is 10.2. The van der Waals surface area contributed by atoms with Gasteiger partial charge in [-0.25, -0.2) is 4.68 Å². The minimum atomic E-state index is -0.0942. The molecule has 0 aliphatic carbocycles. The average Bonchev–Trinajstić information content (AvgIpc) is 2.54. The molecular formula is C16H21N3O2. The van der Waals surface area contributed by atoms with Crippen LogP contribution in [0, 0.1) is 0 Å². The summed E-state index contributed by atoms with van der Waals surface area (Å²) in [5.41, 5.74) is 7.87. The molecule has 5 nitrogen and oxygen atoms in total. The zero-order chi connectivity index (χ0) is 15.2. The lowest BCUT2D eigenvalue weighted by Crippen LogP contribution is -2.28. The summed E-state index contributed by atoms with van der Waals surface area (Å²) in [5.74, 6) is 0.789. The molecule has 0 amide bonds. The van der Waals surface area contributed by atoms with Crippen molar-refractivity contribution in [3.63, 3.8) is 0 Å². The molecule has 1 aromatic heterocycles. The Morgan fingerprint density at radius 1 is 1.29 bits per heavy atom. The lowest BCUT2D eigenvalue weighted by atomic mass is 10.1. The van der Waals surface area contributed by atoms with E-state index in [2.05, 4.69) is 12.0 Å². The molecule has 112 valence electrons. The Hall–Kier alpha value is -2.14. The Morgan fingerprint density at radius 2 is 2.00 bits per heavy atom. The minimum Gasteiger partial charge on any atom is -0.497 e. The van der Waals surface area contributed by atoms with E-state index in [1.165, 1.54) is 4.68 Å². The van der Waals surface area contributed by atoms with E-state index >= 15 is 0 Å². The Kier molecular flexibility index (Phi) is 5.11. The quantitative estimate of drug-likeness (QED) is 0.884. The first-order valence-corrected chi connectivity index (χ1v) is 7.15. The lowest BCUT2D eigenvalue weighted by Gasteiger charge is -2.10. The molecule has 0 spiro atoms. The Balaban J connectivity index is 2.44. The number of aryl methyl sites for hydroxylation is 1. The van der Waals surface area contributed by atoms with Crippen LogP contribution in [0.5, 0.6) is 5.75 Å². The van der Waals surface area contributed by atoms with Crippen LogP contribution in [0.4, 0.5) is 0 Å². The second-order valence-corrected chi connectivity index (χ2v) is 4.87. The van der Waals surface area contributed by atoms with Gasteiger partial charge in [-0.1, -0.05) is 13.3 Å². The van der Waals surface area contributed by atoms with Crippen LogP contribution >= 0.6 is 0 Å². The number of aromatic nitrogens is 2. The van der Waals surface area contributed by atoms with Crippen molar-refractivity contribution >= 4 is 0 Å². The number of rotatable bonds is 6. The molecular weight excluding hydrogens is 266 g/mol. The molecule has 2 N–H and O–H groups in total. The van der Waals surface area contributed by atoms with E-state index < -0.39 is 0 Å². The molecule has 0 aliphatic heterocycles. The highest BCUT2D eigenvalue weighted by atomic mass is 16.5. The summed E-state index contributed by atoms with van der Waals surface area (Å²) in [5, 5.41) is 4.45. The number of hydrogen-bond acceptors (Lipinski definition) is 4. The Labute approximate surface area is 124 Å². The largest absolute Gasteiger partial charge is 0.497 e. The second-order valence-electron chi connectivity index (χ2n) is 4.87. The van der Waals surface area contributed by atoms with Crippen molar-refractivity contribution in [1.82, 2.24) is 9.78 Å². The van der Waals surface area contributed by atoms with Gasteiger partial charge in [-0.2, -0.15) is 5.10 Å². The van der Waals surface area contributed by atoms with Gasteiger partial charge < -0.3 is 10.5 Å². The van der Waals surface area contributed by atoms with Crippen LogP contribution in [-0.4, -0.2) is 16.9 Å². The lowest BCUT2D eigenvalue weighted by molar-refractivity contribution is 0.415. The van der Waals surface area contributed by atoms with Gasteiger partial charge in [0.15, 0.2) is 0 Å². The zero-order valence-corrected chi connectivity index (χ0v) is 12.5. The predicted octanol–water partition coefficient (Wildman–Crippen LogP) is 2.18. The number of nitrogens with zero attached hydrogens (tertiary/aromatic N) is 2. The number of ether oxygens (including phenoxy) is 1. The Morgan fingerprint density at radius 3 is 2.57 bits per heavy atom. The number of hydrogen-bond donors (Lipinski definition) is 1. The van der Waals surface area contributed by atoms with Crippen molar-refractivity contribution in [1.29, 1.82) is 0 Å². The molecule has 0 fully saturated rings. The zero-order valence-electron chi connectivity index (χ0n) is 12.5. The number of unbranched alkanes of at least 4 members (excludes halogenated alkanes) is 1. The molecule has 5 heteroatoms. The summed E-state index contributed by atoms with van der Waals surface area (Å²) in [7, 11) is 1.63. The van der Waals surface area contributed by atoms with Gasteiger partial charge in [-0.3, -0.25) is 4.79 Å². The normalized spacial score (nSPS) is 10.6. The number of benzene rings is 1. The predicted molar refractivity (Wildman–Crippen MR) is 83.3 cm³/mol. The highest BCUT2D eigenvalue weighted by Gasteiger charge is 2.09. The maximum absolute atomic E-state index is 12.2. The maximum atomic E-state index is 12.2. The third-order valence-electron chi connectivity index (χ3n) is 3.38. The third kappa shape index (κ3) is 3.49. The summed E-state index contributed by atoms with van der Waals surface area (Å²) in [4.78, 5) is 12.2. The van der Waals surface area contributed by atoms with Crippen molar-refractivity contribution in [3.05, 3.63) is 46.2 Å². The van der Waals surface area contributed by atoms with Crippen molar-refractivity contribution in [2.24, 2.45) is 5.73 Å². The molecule has 2 rings (SSSR count). The van der Waals surface area contributed by atoms with E-state index in [9.17, 15) is 4.79 Å². The van der Waals surface area contributed by atoms with E-state index in [4.69, 9.17) is 10.5 Å². The van der Waals surface area contributed by atoms with Crippen LogP contribution < -0.4 is 16.0 Å². The molecule has 1 heterocycles. The Bertz CT molecular complexity index is 648. The van der Waals surface area contributed by atoms with Gasteiger partial charge in [-0.05, 0) is 36.8 Å². The van der Waals surface area contributed by atoms with Gasteiger partial charge in [0, 0.05) is 24.2 Å². The van der Waals surface area contributed by atoms with E-state index in [1.807, 2.05) is 24.3 Å². The molecule has 0 saturated carbocycles. The molecule has 0 saturated heterocycles. The third-order valence-corrected chi connectivity index (χ3v) is 3.38. The fourth-order valence-corrected chi connectivity index (χ4v) is 2.11. The smallest absolute Gasteiger partial charge is 0.271 e. The van der Waals surface area contributed by atoms with Crippen molar-refractivity contribution in [3.8, 4) is 17.0 Å². The minimum absolute atomic E-state index is 0.0942. The highest BCUT2D eigenvalue weighted by molar-refractivity contribution is 5.60. The fraction of sp³-hybridized carbons (Fsp3) is 0.375. The van der Waals surface area contributed by atoms with Crippen LogP contribution in [0.15, 0.2) is 35.1 Å². The van der Waals surface area contributed by atoms with Crippen molar-refractivity contribution in [2.75, 3.05) is 7.11 Å². The van der Waals surface area contributed by atoms with Gasteiger partial charge in [0.05, 0.1) is 12.8 Å². The molecule has 0 atom stereocenters. The van der Waals surface area contributed by atoms with Crippen LogP contribution in [-0.2, 0) is 13.1 Å². The monoisotopic (exact) mass is 287 g/mol. The van der Waals surface area contributed by atoms with E-state index in [0.29, 0.717) is 12.1 Å². The van der Waals surface area contributed by atoms with E-state index in [0.717, 1.165) is 29.8 Å². The van der Waals surface area contributed by atoms with Crippen LogP contribution in [0.1, 0.15) is 25.3 Å². The molecule has 0 radical (unpaired) electrons. The van der Waals surface area contributed by atoms with Gasteiger partial charge in [-0.15, -0.1) is 0 Å². The standard InChI is InChI=1S/C16H21N3O2/c1-3-4-9-19-16(20)13(11-17)10-15(18-19)12-5-7-14(21-2)8-6-12/h5-8,10H,3-4,9,11,17H2,1-2H3. The SMILES string of the molecule is CCCCn1nc(-c2ccc(OC)cc2)cc(CN)c1=O. The maximum Gasteiger partial charge on any atom is 0.271 e. The van der Waals surface area contributed by atoms with E-state index in [-0.39, 0.29) is 12.1 Å². The van der Waals surface area contributed by atoms with Gasteiger partial charge in [0.1, 0.15) is 5.75 Å². The molecule has 0 unspecified atom stereocenters. The molecule has 1 aromatic carbocycles. The van der Waals surface area contributed by atoms with Gasteiger partial charge in [0.2, 0.25) is 0 Å².